The zero-order valence-electron chi connectivity index (χ0n) is 22.9. The second kappa shape index (κ2) is 10.1. The van der Waals surface area contributed by atoms with Gasteiger partial charge in [0.15, 0.2) is 0 Å². The first-order valence-corrected chi connectivity index (χ1v) is 14.3. The fourth-order valence-electron chi connectivity index (χ4n) is 6.18. The fraction of sp³-hybridized carbons (Fsp3) is 0. The van der Waals surface area contributed by atoms with E-state index in [9.17, 15) is 0 Å². The lowest BCUT2D eigenvalue weighted by Crippen LogP contribution is -2.11. The third kappa shape index (κ3) is 3.87. The summed E-state index contributed by atoms with van der Waals surface area (Å²) in [5, 5.41) is 4.67. The molecule has 8 rings (SSSR count). The van der Waals surface area contributed by atoms with Crippen molar-refractivity contribution in [3.63, 3.8) is 0 Å². The molecule has 0 aliphatic heterocycles. The summed E-state index contributed by atoms with van der Waals surface area (Å²) in [6.07, 6.45) is 0. The lowest BCUT2D eigenvalue weighted by atomic mass is 9.93. The molecule has 0 amide bonds. The van der Waals surface area contributed by atoms with Crippen molar-refractivity contribution in [2.45, 2.75) is 0 Å². The van der Waals surface area contributed by atoms with E-state index < -0.39 is 0 Å². The molecule has 198 valence electrons. The molecule has 8 aromatic rings. The molecule has 0 N–H and O–H groups in total. The number of hydrogen-bond donors (Lipinski definition) is 0. The van der Waals surface area contributed by atoms with Crippen LogP contribution in [0.25, 0.3) is 49.7 Å². The lowest BCUT2D eigenvalue weighted by Gasteiger charge is -2.29. The summed E-state index contributed by atoms with van der Waals surface area (Å²) in [6.45, 7) is 0. The summed E-state index contributed by atoms with van der Waals surface area (Å²) in [7, 11) is 0. The predicted molar refractivity (Wildman–Crippen MR) is 176 cm³/mol. The van der Waals surface area contributed by atoms with Gasteiger partial charge in [-0.2, -0.15) is 0 Å². The van der Waals surface area contributed by atoms with E-state index in [2.05, 4.69) is 173 Å². The third-order valence-electron chi connectivity index (χ3n) is 7.95. The molecule has 0 saturated carbocycles. The average Bonchev–Trinajstić information content (AvgIpc) is 3.45. The van der Waals surface area contributed by atoms with Crippen molar-refractivity contribution < 1.29 is 0 Å². The molecule has 42 heavy (non-hydrogen) atoms. The molecule has 0 bridgehead atoms. The van der Waals surface area contributed by atoms with Crippen LogP contribution in [0.15, 0.2) is 164 Å². The van der Waals surface area contributed by atoms with Gasteiger partial charge >= 0.3 is 0 Å². The van der Waals surface area contributed by atoms with Crippen molar-refractivity contribution in [3.05, 3.63) is 164 Å². The number of hydrogen-bond acceptors (Lipinski definition) is 2. The van der Waals surface area contributed by atoms with Crippen LogP contribution in [0.1, 0.15) is 0 Å². The number of anilines is 3. The van der Waals surface area contributed by atoms with Crippen molar-refractivity contribution in [1.29, 1.82) is 0 Å². The van der Waals surface area contributed by atoms with E-state index >= 15 is 0 Å². The number of rotatable bonds is 5. The smallest absolute Gasteiger partial charge is 0.146 e. The van der Waals surface area contributed by atoms with Crippen LogP contribution in [0.2, 0.25) is 0 Å². The highest BCUT2D eigenvalue weighted by Crippen LogP contribution is 2.48. The number of imidazole rings is 1. The number of fused-ring (bicyclic) bond motifs is 3. The first-order chi connectivity index (χ1) is 20.9. The van der Waals surface area contributed by atoms with Crippen LogP contribution in [0.3, 0.4) is 0 Å². The van der Waals surface area contributed by atoms with Crippen molar-refractivity contribution >= 4 is 49.6 Å². The van der Waals surface area contributed by atoms with Gasteiger partial charge in [0.25, 0.3) is 0 Å². The van der Waals surface area contributed by atoms with E-state index in [1.165, 1.54) is 10.8 Å². The maximum Gasteiger partial charge on any atom is 0.146 e. The van der Waals surface area contributed by atoms with Gasteiger partial charge in [-0.3, -0.25) is 4.57 Å². The minimum atomic E-state index is 0.937. The molecule has 0 fully saturated rings. The van der Waals surface area contributed by atoms with Crippen molar-refractivity contribution in [2.24, 2.45) is 0 Å². The zero-order valence-corrected chi connectivity index (χ0v) is 22.9. The Labute approximate surface area is 244 Å². The van der Waals surface area contributed by atoms with Crippen LogP contribution in [0, 0.1) is 0 Å². The summed E-state index contributed by atoms with van der Waals surface area (Å²) in [6, 6.07) is 57.7. The SMILES string of the molecule is c1ccc(N(c2ccccc2)c2c3ccccc3c(-c3nc4ccccc4n3-c3ccccc3)c3ccccc23)cc1. The topological polar surface area (TPSA) is 21.1 Å². The molecule has 0 spiro atoms. The number of para-hydroxylation sites is 5. The van der Waals surface area contributed by atoms with Crippen LogP contribution < -0.4 is 4.90 Å². The normalized spacial score (nSPS) is 11.3. The van der Waals surface area contributed by atoms with E-state index in [0.717, 1.165) is 55.9 Å². The number of aromatic nitrogens is 2. The van der Waals surface area contributed by atoms with Crippen LogP contribution in [0.4, 0.5) is 17.1 Å². The summed E-state index contributed by atoms with van der Waals surface area (Å²) in [5.41, 5.74) is 7.67. The highest BCUT2D eigenvalue weighted by Gasteiger charge is 2.24. The van der Waals surface area contributed by atoms with E-state index in [1.807, 2.05) is 0 Å². The van der Waals surface area contributed by atoms with E-state index in [0.29, 0.717) is 0 Å². The van der Waals surface area contributed by atoms with Gasteiger partial charge in [0.2, 0.25) is 0 Å². The monoisotopic (exact) mass is 537 g/mol. The molecule has 0 radical (unpaired) electrons. The largest absolute Gasteiger partial charge is 0.309 e. The Balaban J connectivity index is 1.53. The van der Waals surface area contributed by atoms with E-state index in [1.54, 1.807) is 0 Å². The van der Waals surface area contributed by atoms with Crippen molar-refractivity contribution in [1.82, 2.24) is 9.55 Å². The maximum atomic E-state index is 5.30. The number of nitrogens with zero attached hydrogens (tertiary/aromatic N) is 3. The quantitative estimate of drug-likeness (QED) is 0.204. The van der Waals surface area contributed by atoms with Crippen LogP contribution in [-0.2, 0) is 0 Å². The van der Waals surface area contributed by atoms with Gasteiger partial charge in [-0.25, -0.2) is 4.98 Å². The van der Waals surface area contributed by atoms with Gasteiger partial charge in [-0.05, 0) is 59.3 Å². The van der Waals surface area contributed by atoms with Crippen molar-refractivity contribution in [3.8, 4) is 17.1 Å². The van der Waals surface area contributed by atoms with Gasteiger partial charge in [0, 0.05) is 33.4 Å². The maximum absolute atomic E-state index is 5.30. The van der Waals surface area contributed by atoms with Gasteiger partial charge in [-0.15, -0.1) is 0 Å². The lowest BCUT2D eigenvalue weighted by molar-refractivity contribution is 1.11. The third-order valence-corrected chi connectivity index (χ3v) is 7.95. The molecular weight excluding hydrogens is 510 g/mol. The van der Waals surface area contributed by atoms with Gasteiger partial charge < -0.3 is 4.90 Å². The first kappa shape index (κ1) is 24.2. The first-order valence-electron chi connectivity index (χ1n) is 14.3. The molecule has 3 heteroatoms. The minimum absolute atomic E-state index is 0.937. The molecule has 3 nitrogen and oxygen atoms in total. The molecule has 0 saturated heterocycles. The summed E-state index contributed by atoms with van der Waals surface area (Å²) < 4.78 is 2.30. The van der Waals surface area contributed by atoms with Gasteiger partial charge in [0.05, 0.1) is 16.7 Å². The fourth-order valence-corrected chi connectivity index (χ4v) is 6.18. The minimum Gasteiger partial charge on any atom is -0.309 e. The summed E-state index contributed by atoms with van der Waals surface area (Å²) >= 11 is 0. The Morgan fingerprint density at radius 3 is 1.45 bits per heavy atom. The molecule has 7 aromatic carbocycles. The molecule has 0 aliphatic rings. The highest BCUT2D eigenvalue weighted by atomic mass is 15.1. The summed E-state index contributed by atoms with van der Waals surface area (Å²) in [5.74, 6) is 0.937. The molecule has 0 unspecified atom stereocenters. The Morgan fingerprint density at radius 1 is 0.429 bits per heavy atom. The van der Waals surface area contributed by atoms with Crippen LogP contribution in [0.5, 0.6) is 0 Å². The average molecular weight is 538 g/mol. The van der Waals surface area contributed by atoms with Gasteiger partial charge in [-0.1, -0.05) is 115 Å². The zero-order chi connectivity index (χ0) is 27.9. The summed E-state index contributed by atoms with van der Waals surface area (Å²) in [4.78, 5) is 7.68. The number of benzene rings is 7. The standard InChI is InChI=1S/C39H27N3/c1-4-16-28(17-5-1)41(29-18-6-2-7-19-29)38-33-24-12-10-22-31(33)37(32-23-11-13-25-34(32)38)39-40-35-26-14-15-27-36(35)42(39)30-20-8-3-9-21-30/h1-27H. The second-order valence-electron chi connectivity index (χ2n) is 10.4. The molecular formula is C39H27N3. The van der Waals surface area contributed by atoms with Crippen molar-refractivity contribution in [2.75, 3.05) is 4.90 Å². The van der Waals surface area contributed by atoms with E-state index in [-0.39, 0.29) is 0 Å². The van der Waals surface area contributed by atoms with Crippen LogP contribution >= 0.6 is 0 Å². The Kier molecular flexibility index (Phi) is 5.79. The molecule has 1 aromatic heterocycles. The highest BCUT2D eigenvalue weighted by molar-refractivity contribution is 6.22. The second-order valence-corrected chi connectivity index (χ2v) is 10.4. The van der Waals surface area contributed by atoms with E-state index in [4.69, 9.17) is 4.98 Å². The Morgan fingerprint density at radius 2 is 0.881 bits per heavy atom. The van der Waals surface area contributed by atoms with Gasteiger partial charge in [0.1, 0.15) is 5.82 Å². The van der Waals surface area contributed by atoms with Crippen LogP contribution in [-0.4, -0.2) is 9.55 Å². The Hall–Kier alpha value is -5.67. The molecule has 0 aliphatic carbocycles. The molecule has 0 atom stereocenters. The predicted octanol–water partition coefficient (Wildman–Crippen LogP) is 10.5. The Bertz CT molecular complexity index is 2090. The molecule has 1 heterocycles.